The van der Waals surface area contributed by atoms with Crippen LogP contribution in [0.1, 0.15) is 54.1 Å². The molecule has 96 valence electrons. The van der Waals surface area contributed by atoms with Crippen molar-refractivity contribution in [3.05, 3.63) is 35.4 Å². The molecule has 0 amide bonds. The number of likely N-dealkylation sites (tertiary alicyclic amines) is 1. The number of hydrogen-bond donors (Lipinski definition) is 1. The second-order valence-electron chi connectivity index (χ2n) is 5.41. The molecule has 3 nitrogen and oxygen atoms in total. The van der Waals surface area contributed by atoms with Gasteiger partial charge in [0.2, 0.25) is 0 Å². The number of nitrogens with zero attached hydrogens (tertiary/aromatic N) is 1. The first kappa shape index (κ1) is 11.7. The molecule has 18 heavy (non-hydrogen) atoms. The maximum absolute atomic E-state index is 10.9. The molecular formula is C15H19NO2. The highest BCUT2D eigenvalue weighted by Gasteiger charge is 2.35. The number of benzene rings is 1. The van der Waals surface area contributed by atoms with E-state index in [-0.39, 0.29) is 0 Å². The fourth-order valence-corrected chi connectivity index (χ4v) is 3.00. The molecule has 1 atom stereocenters. The second kappa shape index (κ2) is 4.73. The maximum atomic E-state index is 10.9. The summed E-state index contributed by atoms with van der Waals surface area (Å²) < 4.78 is 0. The van der Waals surface area contributed by atoms with E-state index in [0.717, 1.165) is 6.04 Å². The third-order valence-corrected chi connectivity index (χ3v) is 4.10. The van der Waals surface area contributed by atoms with Crippen LogP contribution < -0.4 is 0 Å². The quantitative estimate of drug-likeness (QED) is 0.889. The molecule has 3 heteroatoms. The van der Waals surface area contributed by atoms with Crippen molar-refractivity contribution in [2.45, 2.75) is 44.2 Å². The third-order valence-electron chi connectivity index (χ3n) is 4.10. The highest BCUT2D eigenvalue weighted by Crippen LogP contribution is 2.39. The molecule has 0 bridgehead atoms. The summed E-state index contributed by atoms with van der Waals surface area (Å²) >= 11 is 0. The number of carbonyl (C=O) groups is 1. The van der Waals surface area contributed by atoms with E-state index in [0.29, 0.717) is 11.6 Å². The van der Waals surface area contributed by atoms with Crippen molar-refractivity contribution < 1.29 is 9.90 Å². The van der Waals surface area contributed by atoms with Crippen LogP contribution in [0.3, 0.4) is 0 Å². The minimum atomic E-state index is -0.843. The van der Waals surface area contributed by atoms with Crippen molar-refractivity contribution in [2.75, 3.05) is 6.54 Å². The zero-order chi connectivity index (χ0) is 12.5. The van der Waals surface area contributed by atoms with Gasteiger partial charge in [0.05, 0.1) is 5.56 Å². The summed E-state index contributed by atoms with van der Waals surface area (Å²) in [6.45, 7) is 1.20. The van der Waals surface area contributed by atoms with Gasteiger partial charge in [0.1, 0.15) is 0 Å². The van der Waals surface area contributed by atoms with Gasteiger partial charge >= 0.3 is 5.97 Å². The summed E-state index contributed by atoms with van der Waals surface area (Å²) in [5, 5.41) is 8.93. The highest BCUT2D eigenvalue weighted by atomic mass is 16.4. The van der Waals surface area contributed by atoms with Crippen LogP contribution in [0.4, 0.5) is 0 Å². The predicted molar refractivity (Wildman–Crippen MR) is 69.7 cm³/mol. The second-order valence-corrected chi connectivity index (χ2v) is 5.41. The van der Waals surface area contributed by atoms with Gasteiger partial charge in [-0.2, -0.15) is 0 Å². The van der Waals surface area contributed by atoms with Crippen LogP contribution in [0.15, 0.2) is 24.3 Å². The molecule has 1 saturated carbocycles. The van der Waals surface area contributed by atoms with Crippen molar-refractivity contribution in [3.63, 3.8) is 0 Å². The molecule has 0 radical (unpaired) electrons. The van der Waals surface area contributed by atoms with E-state index < -0.39 is 5.97 Å². The van der Waals surface area contributed by atoms with Crippen molar-refractivity contribution in [1.29, 1.82) is 0 Å². The van der Waals surface area contributed by atoms with E-state index in [2.05, 4.69) is 4.90 Å². The van der Waals surface area contributed by atoms with Crippen LogP contribution in [-0.2, 0) is 0 Å². The van der Waals surface area contributed by atoms with E-state index in [1.807, 2.05) is 12.1 Å². The molecule has 1 saturated heterocycles. The molecular weight excluding hydrogens is 226 g/mol. The fourth-order valence-electron chi connectivity index (χ4n) is 3.00. The number of carboxylic acid groups (broad SMARTS) is 1. The molecule has 1 unspecified atom stereocenters. The van der Waals surface area contributed by atoms with Gasteiger partial charge in [-0.25, -0.2) is 4.79 Å². The topological polar surface area (TPSA) is 40.5 Å². The van der Waals surface area contributed by atoms with Gasteiger partial charge in [0.15, 0.2) is 0 Å². The van der Waals surface area contributed by atoms with Crippen molar-refractivity contribution in [3.8, 4) is 0 Å². The summed E-state index contributed by atoms with van der Waals surface area (Å²) in [6.07, 6.45) is 6.48. The molecule has 2 aliphatic rings. The Morgan fingerprint density at radius 3 is 2.44 bits per heavy atom. The Bertz CT molecular complexity index is 436. The van der Waals surface area contributed by atoms with Crippen LogP contribution in [0.2, 0.25) is 0 Å². The summed E-state index contributed by atoms with van der Waals surface area (Å²) in [4.78, 5) is 13.5. The van der Waals surface area contributed by atoms with Crippen molar-refractivity contribution in [1.82, 2.24) is 4.90 Å². The van der Waals surface area contributed by atoms with Gasteiger partial charge in [-0.05, 0) is 49.9 Å². The van der Waals surface area contributed by atoms with Gasteiger partial charge < -0.3 is 5.11 Å². The van der Waals surface area contributed by atoms with E-state index in [4.69, 9.17) is 5.11 Å². The zero-order valence-corrected chi connectivity index (χ0v) is 10.5. The Kier molecular flexibility index (Phi) is 3.08. The van der Waals surface area contributed by atoms with Crippen LogP contribution in [0.25, 0.3) is 0 Å². The molecule has 2 fully saturated rings. The predicted octanol–water partition coefficient (Wildman–Crippen LogP) is 3.07. The van der Waals surface area contributed by atoms with Crippen molar-refractivity contribution in [2.24, 2.45) is 0 Å². The Hall–Kier alpha value is -1.35. The molecule has 1 heterocycles. The van der Waals surface area contributed by atoms with Gasteiger partial charge in [-0.15, -0.1) is 0 Å². The van der Waals surface area contributed by atoms with E-state index in [1.54, 1.807) is 12.1 Å². The van der Waals surface area contributed by atoms with Crippen LogP contribution in [0, 0.1) is 0 Å². The van der Waals surface area contributed by atoms with E-state index in [9.17, 15) is 4.79 Å². The number of piperidine rings is 1. The Balaban J connectivity index is 1.80. The largest absolute Gasteiger partial charge is 0.478 e. The molecule has 1 aromatic rings. The number of hydrogen-bond acceptors (Lipinski definition) is 2. The highest BCUT2D eigenvalue weighted by molar-refractivity contribution is 5.87. The normalized spacial score (nSPS) is 25.0. The van der Waals surface area contributed by atoms with Crippen LogP contribution in [-0.4, -0.2) is 28.6 Å². The standard InChI is InChI=1S/C15H19NO2/c17-15(18)12-6-4-11(5-7-12)14-3-1-2-10-16(14)13-8-9-13/h4-7,13-14H,1-3,8-10H2,(H,17,18). The molecule has 0 spiro atoms. The molecule has 3 rings (SSSR count). The molecule has 1 aliphatic carbocycles. The lowest BCUT2D eigenvalue weighted by atomic mass is 9.94. The third kappa shape index (κ3) is 2.27. The average molecular weight is 245 g/mol. The van der Waals surface area contributed by atoms with Gasteiger partial charge in [-0.3, -0.25) is 4.90 Å². The van der Waals surface area contributed by atoms with Gasteiger partial charge in [0.25, 0.3) is 0 Å². The number of rotatable bonds is 3. The van der Waals surface area contributed by atoms with E-state index in [1.165, 1.54) is 44.2 Å². The minimum Gasteiger partial charge on any atom is -0.478 e. The van der Waals surface area contributed by atoms with Crippen molar-refractivity contribution >= 4 is 5.97 Å². The van der Waals surface area contributed by atoms with Crippen LogP contribution in [0.5, 0.6) is 0 Å². The van der Waals surface area contributed by atoms with Crippen LogP contribution >= 0.6 is 0 Å². The lowest BCUT2D eigenvalue weighted by molar-refractivity contribution is 0.0696. The summed E-state index contributed by atoms with van der Waals surface area (Å²) in [7, 11) is 0. The maximum Gasteiger partial charge on any atom is 0.335 e. The molecule has 0 aromatic heterocycles. The molecule has 1 aromatic carbocycles. The lowest BCUT2D eigenvalue weighted by Gasteiger charge is -2.36. The molecule has 1 aliphatic heterocycles. The SMILES string of the molecule is O=C(O)c1ccc(C2CCCCN2C2CC2)cc1. The first-order valence-electron chi connectivity index (χ1n) is 6.85. The summed E-state index contributed by atoms with van der Waals surface area (Å²) in [5.41, 5.74) is 1.67. The molecule has 1 N–H and O–H groups in total. The first-order chi connectivity index (χ1) is 8.75. The first-order valence-corrected chi connectivity index (χ1v) is 6.85. The monoisotopic (exact) mass is 245 g/mol. The lowest BCUT2D eigenvalue weighted by Crippen LogP contribution is -2.35. The fraction of sp³-hybridized carbons (Fsp3) is 0.533. The average Bonchev–Trinajstić information content (AvgIpc) is 3.23. The summed E-state index contributed by atoms with van der Waals surface area (Å²) in [5.74, 6) is -0.843. The number of carboxylic acids is 1. The smallest absolute Gasteiger partial charge is 0.335 e. The van der Waals surface area contributed by atoms with Gasteiger partial charge in [-0.1, -0.05) is 18.6 Å². The van der Waals surface area contributed by atoms with E-state index >= 15 is 0 Å². The Morgan fingerprint density at radius 2 is 1.83 bits per heavy atom. The zero-order valence-electron chi connectivity index (χ0n) is 10.5. The number of aromatic carboxylic acids is 1. The Morgan fingerprint density at radius 1 is 1.11 bits per heavy atom. The Labute approximate surface area is 107 Å². The minimum absolute atomic E-state index is 0.382. The summed E-state index contributed by atoms with van der Waals surface area (Å²) in [6, 6.07) is 8.75. The van der Waals surface area contributed by atoms with Gasteiger partial charge in [0, 0.05) is 12.1 Å².